The first-order chi connectivity index (χ1) is 9.13. The van der Waals surface area contributed by atoms with Crippen molar-refractivity contribution >= 4 is 11.7 Å². The quantitative estimate of drug-likeness (QED) is 0.722. The number of aryl methyl sites for hydroxylation is 1. The van der Waals surface area contributed by atoms with E-state index in [0.29, 0.717) is 5.56 Å². The molecular weight excluding hydrogens is 238 g/mol. The largest absolute Gasteiger partial charge is 0.478 e. The summed E-state index contributed by atoms with van der Waals surface area (Å²) in [5.41, 5.74) is 2.54. The lowest BCUT2D eigenvalue weighted by molar-refractivity contribution is 0.0695. The van der Waals surface area contributed by atoms with Gasteiger partial charge in [-0.3, -0.25) is 0 Å². The van der Waals surface area contributed by atoms with Crippen LogP contribution in [-0.2, 0) is 6.42 Å². The predicted octanol–water partition coefficient (Wildman–Crippen LogP) is 3.96. The van der Waals surface area contributed by atoms with E-state index >= 15 is 0 Å². The van der Waals surface area contributed by atoms with Crippen molar-refractivity contribution < 1.29 is 9.90 Å². The van der Waals surface area contributed by atoms with Crippen LogP contribution in [0, 0.1) is 0 Å². The Morgan fingerprint density at radius 2 is 1.84 bits per heavy atom. The van der Waals surface area contributed by atoms with E-state index in [4.69, 9.17) is 0 Å². The number of hydrogen-bond acceptors (Lipinski definition) is 2. The first-order valence-corrected chi connectivity index (χ1v) is 7.25. The van der Waals surface area contributed by atoms with Gasteiger partial charge in [0.05, 0.1) is 5.56 Å². The summed E-state index contributed by atoms with van der Waals surface area (Å²) in [6.07, 6.45) is 4.20. The van der Waals surface area contributed by atoms with E-state index in [2.05, 4.69) is 25.7 Å². The van der Waals surface area contributed by atoms with Gasteiger partial charge in [0, 0.05) is 18.8 Å². The summed E-state index contributed by atoms with van der Waals surface area (Å²) in [5.74, 6) is -0.822. The van der Waals surface area contributed by atoms with Gasteiger partial charge in [0.25, 0.3) is 0 Å². The Labute approximate surface area is 116 Å². The smallest absolute Gasteiger partial charge is 0.335 e. The van der Waals surface area contributed by atoms with Crippen molar-refractivity contribution in [2.75, 3.05) is 18.0 Å². The lowest BCUT2D eigenvalue weighted by atomic mass is 10.00. The van der Waals surface area contributed by atoms with E-state index < -0.39 is 5.97 Å². The maximum absolute atomic E-state index is 11.3. The number of carbonyl (C=O) groups is 1. The fourth-order valence-corrected chi connectivity index (χ4v) is 2.35. The molecule has 3 heteroatoms. The monoisotopic (exact) mass is 263 g/mol. The molecule has 0 aliphatic heterocycles. The Kier molecular flexibility index (Phi) is 6.40. The van der Waals surface area contributed by atoms with Crippen LogP contribution in [0.25, 0.3) is 0 Å². The van der Waals surface area contributed by atoms with Gasteiger partial charge in [-0.25, -0.2) is 4.79 Å². The van der Waals surface area contributed by atoms with Crippen LogP contribution in [0.4, 0.5) is 5.69 Å². The van der Waals surface area contributed by atoms with Crippen LogP contribution in [0.5, 0.6) is 0 Å². The summed E-state index contributed by atoms with van der Waals surface area (Å²) in [7, 11) is 0. The predicted molar refractivity (Wildman–Crippen MR) is 80.2 cm³/mol. The number of carboxylic acids is 1. The summed E-state index contributed by atoms with van der Waals surface area (Å²) < 4.78 is 0. The van der Waals surface area contributed by atoms with Crippen LogP contribution in [0.15, 0.2) is 18.2 Å². The van der Waals surface area contributed by atoms with Gasteiger partial charge in [0.1, 0.15) is 0 Å². The summed E-state index contributed by atoms with van der Waals surface area (Å²) in [6.45, 7) is 8.27. The number of hydrogen-bond donors (Lipinski definition) is 1. The second-order valence-corrected chi connectivity index (χ2v) is 4.78. The molecule has 0 unspecified atom stereocenters. The molecule has 106 valence electrons. The van der Waals surface area contributed by atoms with Gasteiger partial charge < -0.3 is 10.0 Å². The Morgan fingerprint density at radius 1 is 1.16 bits per heavy atom. The summed E-state index contributed by atoms with van der Waals surface area (Å²) in [4.78, 5) is 13.5. The molecule has 0 heterocycles. The maximum atomic E-state index is 11.3. The summed E-state index contributed by atoms with van der Waals surface area (Å²) in [5, 5.41) is 9.25. The molecule has 0 radical (unpaired) electrons. The SMILES string of the molecule is CCCCCc1cc(N(CC)CC)ccc1C(=O)O. The maximum Gasteiger partial charge on any atom is 0.335 e. The molecule has 0 bridgehead atoms. The minimum atomic E-state index is -0.822. The molecule has 1 rings (SSSR count). The zero-order chi connectivity index (χ0) is 14.3. The van der Waals surface area contributed by atoms with Crippen LogP contribution in [-0.4, -0.2) is 24.2 Å². The fourth-order valence-electron chi connectivity index (χ4n) is 2.35. The van der Waals surface area contributed by atoms with Crippen molar-refractivity contribution in [1.82, 2.24) is 0 Å². The molecule has 0 aliphatic rings. The zero-order valence-corrected chi connectivity index (χ0v) is 12.3. The number of anilines is 1. The number of carboxylic acid groups (broad SMARTS) is 1. The molecule has 0 aliphatic carbocycles. The third-order valence-electron chi connectivity index (χ3n) is 3.50. The highest BCUT2D eigenvalue weighted by Crippen LogP contribution is 2.21. The van der Waals surface area contributed by atoms with Gasteiger partial charge in [0.15, 0.2) is 0 Å². The third-order valence-corrected chi connectivity index (χ3v) is 3.50. The van der Waals surface area contributed by atoms with E-state index in [0.717, 1.165) is 50.0 Å². The zero-order valence-electron chi connectivity index (χ0n) is 12.3. The second kappa shape index (κ2) is 7.82. The van der Waals surface area contributed by atoms with Crippen LogP contribution < -0.4 is 4.90 Å². The van der Waals surface area contributed by atoms with Crippen molar-refractivity contribution in [2.24, 2.45) is 0 Å². The number of aromatic carboxylic acids is 1. The lowest BCUT2D eigenvalue weighted by Crippen LogP contribution is -2.22. The number of unbranched alkanes of at least 4 members (excludes halogenated alkanes) is 2. The van der Waals surface area contributed by atoms with Gasteiger partial charge in [-0.05, 0) is 50.5 Å². The van der Waals surface area contributed by atoms with Crippen molar-refractivity contribution in [1.29, 1.82) is 0 Å². The van der Waals surface area contributed by atoms with Gasteiger partial charge >= 0.3 is 5.97 Å². The number of benzene rings is 1. The van der Waals surface area contributed by atoms with Gasteiger partial charge in [-0.15, -0.1) is 0 Å². The molecule has 3 nitrogen and oxygen atoms in total. The summed E-state index contributed by atoms with van der Waals surface area (Å²) >= 11 is 0. The molecule has 0 spiro atoms. The molecule has 0 saturated carbocycles. The van der Waals surface area contributed by atoms with Gasteiger partial charge in [-0.2, -0.15) is 0 Å². The van der Waals surface area contributed by atoms with E-state index in [-0.39, 0.29) is 0 Å². The molecule has 1 aromatic carbocycles. The Balaban J connectivity index is 2.99. The average Bonchev–Trinajstić information content (AvgIpc) is 2.40. The molecule has 0 amide bonds. The minimum Gasteiger partial charge on any atom is -0.478 e. The highest BCUT2D eigenvalue weighted by atomic mass is 16.4. The highest BCUT2D eigenvalue weighted by molar-refractivity contribution is 5.90. The first-order valence-electron chi connectivity index (χ1n) is 7.25. The molecule has 0 saturated heterocycles. The number of rotatable bonds is 8. The first kappa shape index (κ1) is 15.5. The fraction of sp³-hybridized carbons (Fsp3) is 0.562. The third kappa shape index (κ3) is 4.27. The average molecular weight is 263 g/mol. The standard InChI is InChI=1S/C16H25NO2/c1-4-7-8-9-13-12-14(17(5-2)6-3)10-11-15(13)16(18)19/h10-12H,4-9H2,1-3H3,(H,18,19). The van der Waals surface area contributed by atoms with Crippen LogP contribution in [0.2, 0.25) is 0 Å². The highest BCUT2D eigenvalue weighted by Gasteiger charge is 2.12. The molecule has 0 atom stereocenters. The van der Waals surface area contributed by atoms with E-state index in [1.165, 1.54) is 0 Å². The Hall–Kier alpha value is -1.51. The van der Waals surface area contributed by atoms with Gasteiger partial charge in [0.2, 0.25) is 0 Å². The Morgan fingerprint density at radius 3 is 2.37 bits per heavy atom. The normalized spacial score (nSPS) is 10.5. The van der Waals surface area contributed by atoms with E-state index in [1.807, 2.05) is 12.1 Å². The molecule has 19 heavy (non-hydrogen) atoms. The summed E-state index contributed by atoms with van der Waals surface area (Å²) in [6, 6.07) is 5.71. The van der Waals surface area contributed by atoms with Crippen molar-refractivity contribution in [3.8, 4) is 0 Å². The number of nitrogens with zero attached hydrogens (tertiary/aromatic N) is 1. The molecule has 0 aromatic heterocycles. The molecule has 1 N–H and O–H groups in total. The van der Waals surface area contributed by atoms with E-state index in [9.17, 15) is 9.90 Å². The van der Waals surface area contributed by atoms with Crippen LogP contribution in [0.1, 0.15) is 56.0 Å². The molecule has 1 aromatic rings. The second-order valence-electron chi connectivity index (χ2n) is 4.78. The Bertz CT molecular complexity index is 411. The van der Waals surface area contributed by atoms with E-state index in [1.54, 1.807) is 6.07 Å². The molecular formula is C16H25NO2. The lowest BCUT2D eigenvalue weighted by Gasteiger charge is -2.22. The van der Waals surface area contributed by atoms with Crippen LogP contribution >= 0.6 is 0 Å². The minimum absolute atomic E-state index is 0.451. The van der Waals surface area contributed by atoms with Crippen molar-refractivity contribution in [2.45, 2.75) is 46.5 Å². The van der Waals surface area contributed by atoms with Crippen molar-refractivity contribution in [3.05, 3.63) is 29.3 Å². The van der Waals surface area contributed by atoms with Gasteiger partial charge in [-0.1, -0.05) is 19.8 Å². The topological polar surface area (TPSA) is 40.5 Å². The van der Waals surface area contributed by atoms with Crippen LogP contribution in [0.3, 0.4) is 0 Å². The molecule has 0 fully saturated rings. The van der Waals surface area contributed by atoms with Crippen molar-refractivity contribution in [3.63, 3.8) is 0 Å².